The molecule has 1 aliphatic carbocycles. The third-order valence-corrected chi connectivity index (χ3v) is 5.59. The van der Waals surface area contributed by atoms with Crippen LogP contribution in [0.5, 0.6) is 11.5 Å². The number of fused-ring (bicyclic) bond motifs is 2. The summed E-state index contributed by atoms with van der Waals surface area (Å²) in [7, 11) is 0. The van der Waals surface area contributed by atoms with Crippen LogP contribution in [-0.4, -0.2) is 11.9 Å². The lowest BCUT2D eigenvalue weighted by molar-refractivity contribution is -0.131. The quantitative estimate of drug-likeness (QED) is 0.379. The molecule has 0 saturated heterocycles. The van der Waals surface area contributed by atoms with Crippen LogP contribution in [0.4, 0.5) is 0 Å². The molecule has 0 N–H and O–H groups in total. The molecule has 0 heterocycles. The maximum absolute atomic E-state index is 12.4. The van der Waals surface area contributed by atoms with Gasteiger partial charge in [-0.2, -0.15) is 0 Å². The lowest BCUT2D eigenvalue weighted by atomic mass is 9.76. The number of benzene rings is 2. The molecule has 0 amide bonds. The van der Waals surface area contributed by atoms with Crippen LogP contribution in [0.1, 0.15) is 45.2 Å². The van der Waals surface area contributed by atoms with Gasteiger partial charge in [0.1, 0.15) is 11.5 Å². The Morgan fingerprint density at radius 2 is 1.41 bits per heavy atom. The standard InChI is InChI=1S/C25H28O4/c1-14(2)17-11-12-20-21(13-17)23(29-25(27)16(5)6)19-10-8-7-9-18(19)22(20)28-24(26)15(3)4/h7-10,14,17H,3,5,11-13H2,1-2,4,6H3. The Morgan fingerprint density at radius 1 is 0.931 bits per heavy atom. The molecule has 29 heavy (non-hydrogen) atoms. The van der Waals surface area contributed by atoms with Crippen LogP contribution in [0.25, 0.3) is 10.8 Å². The van der Waals surface area contributed by atoms with Crippen molar-refractivity contribution in [1.82, 2.24) is 0 Å². The molecule has 152 valence electrons. The first kappa shape index (κ1) is 20.8. The summed E-state index contributed by atoms with van der Waals surface area (Å²) < 4.78 is 11.6. The zero-order valence-electron chi connectivity index (χ0n) is 17.6. The summed E-state index contributed by atoms with van der Waals surface area (Å²) in [6.45, 7) is 15.1. The minimum absolute atomic E-state index is 0.344. The second kappa shape index (κ2) is 8.24. The summed E-state index contributed by atoms with van der Waals surface area (Å²) in [5.74, 6) is 1.19. The van der Waals surface area contributed by atoms with Gasteiger partial charge in [0.2, 0.25) is 0 Å². The first-order valence-electron chi connectivity index (χ1n) is 10.0. The summed E-state index contributed by atoms with van der Waals surface area (Å²) in [6, 6.07) is 7.56. The van der Waals surface area contributed by atoms with E-state index in [0.717, 1.165) is 41.2 Å². The number of ether oxygens (including phenoxy) is 2. The zero-order chi connectivity index (χ0) is 21.3. The molecule has 1 atom stereocenters. The number of rotatable bonds is 5. The van der Waals surface area contributed by atoms with Gasteiger partial charge < -0.3 is 9.47 Å². The molecule has 2 aromatic rings. The van der Waals surface area contributed by atoms with Gasteiger partial charge in [0.25, 0.3) is 0 Å². The van der Waals surface area contributed by atoms with Crippen LogP contribution in [-0.2, 0) is 22.4 Å². The Morgan fingerprint density at radius 3 is 1.86 bits per heavy atom. The molecule has 0 aliphatic heterocycles. The number of hydrogen-bond acceptors (Lipinski definition) is 4. The van der Waals surface area contributed by atoms with Gasteiger partial charge in [-0.1, -0.05) is 51.3 Å². The van der Waals surface area contributed by atoms with Gasteiger partial charge in [0, 0.05) is 33.0 Å². The first-order chi connectivity index (χ1) is 13.7. The molecule has 1 aliphatic rings. The molecule has 0 aromatic heterocycles. The minimum Gasteiger partial charge on any atom is -0.422 e. The monoisotopic (exact) mass is 392 g/mol. The molecular weight excluding hydrogens is 364 g/mol. The fraction of sp³-hybridized carbons (Fsp3) is 0.360. The van der Waals surface area contributed by atoms with Crippen molar-refractivity contribution in [2.75, 3.05) is 0 Å². The Hall–Kier alpha value is -2.88. The van der Waals surface area contributed by atoms with E-state index < -0.39 is 11.9 Å². The highest BCUT2D eigenvalue weighted by atomic mass is 16.5. The number of carbonyl (C=O) groups excluding carboxylic acids is 2. The highest BCUT2D eigenvalue weighted by molar-refractivity contribution is 6.01. The van der Waals surface area contributed by atoms with E-state index in [1.807, 2.05) is 24.3 Å². The van der Waals surface area contributed by atoms with Gasteiger partial charge in [0.15, 0.2) is 0 Å². The van der Waals surface area contributed by atoms with Gasteiger partial charge in [-0.05, 0) is 44.9 Å². The predicted molar refractivity (Wildman–Crippen MR) is 115 cm³/mol. The lowest BCUT2D eigenvalue weighted by Crippen LogP contribution is -2.22. The maximum atomic E-state index is 12.4. The normalized spacial score (nSPS) is 15.7. The van der Waals surface area contributed by atoms with Crippen molar-refractivity contribution in [3.63, 3.8) is 0 Å². The fourth-order valence-corrected chi connectivity index (χ4v) is 3.81. The van der Waals surface area contributed by atoms with Crippen LogP contribution < -0.4 is 9.47 Å². The van der Waals surface area contributed by atoms with E-state index in [-0.39, 0.29) is 0 Å². The van der Waals surface area contributed by atoms with Gasteiger partial charge in [-0.25, -0.2) is 9.59 Å². The molecule has 0 saturated carbocycles. The zero-order valence-corrected chi connectivity index (χ0v) is 17.6. The predicted octanol–water partition coefficient (Wildman–Crippen LogP) is 5.56. The van der Waals surface area contributed by atoms with Crippen molar-refractivity contribution < 1.29 is 19.1 Å². The highest BCUT2D eigenvalue weighted by Gasteiger charge is 2.31. The van der Waals surface area contributed by atoms with Crippen LogP contribution in [0.15, 0.2) is 48.6 Å². The Bertz CT molecular complexity index is 1010. The van der Waals surface area contributed by atoms with Crippen molar-refractivity contribution in [1.29, 1.82) is 0 Å². The molecule has 4 heteroatoms. The second-order valence-electron chi connectivity index (χ2n) is 8.25. The van der Waals surface area contributed by atoms with Gasteiger partial charge in [0.05, 0.1) is 0 Å². The van der Waals surface area contributed by atoms with Gasteiger partial charge in [-0.3, -0.25) is 0 Å². The van der Waals surface area contributed by atoms with E-state index in [2.05, 4.69) is 27.0 Å². The summed E-state index contributed by atoms with van der Waals surface area (Å²) in [6.07, 6.45) is 2.53. The largest absolute Gasteiger partial charge is 0.422 e. The molecule has 0 fully saturated rings. The average Bonchev–Trinajstić information content (AvgIpc) is 2.69. The van der Waals surface area contributed by atoms with E-state index >= 15 is 0 Å². The van der Waals surface area contributed by atoms with E-state index in [9.17, 15) is 9.59 Å². The van der Waals surface area contributed by atoms with Crippen LogP contribution in [0.2, 0.25) is 0 Å². The second-order valence-corrected chi connectivity index (χ2v) is 8.25. The Balaban J connectivity index is 2.27. The SMILES string of the molecule is C=C(C)C(=O)Oc1c2c(c(OC(=O)C(=C)C)c3ccccc13)CC(C(C)C)CC2. The maximum Gasteiger partial charge on any atom is 0.338 e. The molecule has 3 rings (SSSR count). The van der Waals surface area contributed by atoms with E-state index in [1.165, 1.54) is 0 Å². The third kappa shape index (κ3) is 4.12. The molecule has 0 spiro atoms. The fourth-order valence-electron chi connectivity index (χ4n) is 3.81. The van der Waals surface area contributed by atoms with Crippen LogP contribution in [0, 0.1) is 11.8 Å². The molecule has 0 bridgehead atoms. The van der Waals surface area contributed by atoms with E-state index in [0.29, 0.717) is 34.5 Å². The lowest BCUT2D eigenvalue weighted by Gasteiger charge is -2.31. The summed E-state index contributed by atoms with van der Waals surface area (Å²) in [4.78, 5) is 24.7. The van der Waals surface area contributed by atoms with Crippen molar-refractivity contribution in [3.8, 4) is 11.5 Å². The van der Waals surface area contributed by atoms with Crippen molar-refractivity contribution in [3.05, 3.63) is 59.7 Å². The third-order valence-electron chi connectivity index (χ3n) is 5.59. The van der Waals surface area contributed by atoms with Crippen molar-refractivity contribution in [2.24, 2.45) is 11.8 Å². The summed E-state index contributed by atoms with van der Waals surface area (Å²) >= 11 is 0. The number of hydrogen-bond donors (Lipinski definition) is 0. The van der Waals surface area contributed by atoms with Gasteiger partial charge >= 0.3 is 11.9 Å². The highest BCUT2D eigenvalue weighted by Crippen LogP contribution is 2.46. The molecule has 2 aromatic carbocycles. The van der Waals surface area contributed by atoms with Crippen LogP contribution >= 0.6 is 0 Å². The average molecular weight is 392 g/mol. The minimum atomic E-state index is -0.449. The summed E-state index contributed by atoms with van der Waals surface area (Å²) in [5, 5.41) is 1.52. The molecule has 0 radical (unpaired) electrons. The molecule has 4 nitrogen and oxygen atoms in total. The number of esters is 2. The molecular formula is C25H28O4. The smallest absolute Gasteiger partial charge is 0.338 e. The van der Waals surface area contributed by atoms with E-state index in [4.69, 9.17) is 9.47 Å². The first-order valence-corrected chi connectivity index (χ1v) is 10.0. The van der Waals surface area contributed by atoms with Gasteiger partial charge in [-0.15, -0.1) is 0 Å². The Labute approximate surface area is 172 Å². The summed E-state index contributed by atoms with van der Waals surface area (Å²) in [5.41, 5.74) is 2.58. The number of carbonyl (C=O) groups is 2. The van der Waals surface area contributed by atoms with Crippen LogP contribution in [0.3, 0.4) is 0 Å². The topological polar surface area (TPSA) is 52.6 Å². The van der Waals surface area contributed by atoms with Crippen molar-refractivity contribution in [2.45, 2.75) is 47.0 Å². The molecule has 1 unspecified atom stereocenters. The Kier molecular flexibility index (Phi) is 5.92. The van der Waals surface area contributed by atoms with E-state index in [1.54, 1.807) is 13.8 Å². The van der Waals surface area contributed by atoms with Crippen molar-refractivity contribution >= 4 is 22.7 Å².